The van der Waals surface area contributed by atoms with E-state index >= 15 is 0 Å². The van der Waals surface area contributed by atoms with E-state index in [1.54, 1.807) is 19.1 Å². The molecule has 0 spiro atoms. The first kappa shape index (κ1) is 19.0. The fraction of sp³-hybridized carbons (Fsp3) is 0.318. The number of aromatic amines is 1. The number of hydrogen-bond donors (Lipinski definition) is 1. The Morgan fingerprint density at radius 3 is 2.63 bits per heavy atom. The highest BCUT2D eigenvalue weighted by molar-refractivity contribution is 5.89. The zero-order valence-electron chi connectivity index (χ0n) is 16.1. The third-order valence-electron chi connectivity index (χ3n) is 4.93. The molecule has 1 aromatic heterocycles. The molecule has 0 fully saturated rings. The van der Waals surface area contributed by atoms with Gasteiger partial charge in [0.1, 0.15) is 5.75 Å². The van der Waals surface area contributed by atoms with Gasteiger partial charge in [0.2, 0.25) is 5.91 Å². The van der Waals surface area contributed by atoms with Gasteiger partial charge in [0.05, 0.1) is 26.2 Å². The monoisotopic (exact) mass is 366 g/mol. The Morgan fingerprint density at radius 2 is 1.93 bits per heavy atom. The van der Waals surface area contributed by atoms with Gasteiger partial charge in [-0.2, -0.15) is 0 Å². The number of ether oxygens (including phenoxy) is 2. The molecule has 1 atom stereocenters. The maximum Gasteiger partial charge on any atom is 0.227 e. The van der Waals surface area contributed by atoms with Crippen molar-refractivity contribution in [2.75, 3.05) is 27.9 Å². The van der Waals surface area contributed by atoms with Gasteiger partial charge in [0.15, 0.2) is 0 Å². The Kier molecular flexibility index (Phi) is 6.14. The van der Waals surface area contributed by atoms with Crippen molar-refractivity contribution in [1.29, 1.82) is 0 Å². The smallest absolute Gasteiger partial charge is 0.227 e. The first-order valence-corrected chi connectivity index (χ1v) is 9.05. The molecule has 0 radical (unpaired) electrons. The second kappa shape index (κ2) is 8.73. The summed E-state index contributed by atoms with van der Waals surface area (Å²) in [4.78, 5) is 18.0. The molecule has 27 heavy (non-hydrogen) atoms. The zero-order chi connectivity index (χ0) is 19.2. The average Bonchev–Trinajstić information content (AvgIpc) is 3.09. The summed E-state index contributed by atoms with van der Waals surface area (Å²) in [7, 11) is 5.16. The molecule has 1 amide bonds. The van der Waals surface area contributed by atoms with Crippen molar-refractivity contribution in [3.63, 3.8) is 0 Å². The summed E-state index contributed by atoms with van der Waals surface area (Å²) in [5.74, 6) is 0.849. The van der Waals surface area contributed by atoms with Gasteiger partial charge in [-0.25, -0.2) is 0 Å². The fourth-order valence-corrected chi connectivity index (χ4v) is 3.31. The van der Waals surface area contributed by atoms with Crippen molar-refractivity contribution in [1.82, 2.24) is 9.88 Å². The molecule has 2 aromatic carbocycles. The van der Waals surface area contributed by atoms with Crippen molar-refractivity contribution in [3.05, 3.63) is 65.9 Å². The quantitative estimate of drug-likeness (QED) is 0.664. The van der Waals surface area contributed by atoms with E-state index in [-0.39, 0.29) is 11.9 Å². The van der Waals surface area contributed by atoms with Gasteiger partial charge >= 0.3 is 0 Å². The van der Waals surface area contributed by atoms with Crippen LogP contribution < -0.4 is 4.74 Å². The molecule has 1 heterocycles. The molecule has 5 heteroatoms. The summed E-state index contributed by atoms with van der Waals surface area (Å²) in [6.07, 6.45) is 3.00. The SMILES string of the molecule is COCC(Cc1ccccc1)N(C)C(=O)Cc1c[nH]c2ccc(OC)cc12. The van der Waals surface area contributed by atoms with Crippen LogP contribution in [0.15, 0.2) is 54.7 Å². The highest BCUT2D eigenvalue weighted by Crippen LogP contribution is 2.24. The van der Waals surface area contributed by atoms with Crippen molar-refractivity contribution >= 4 is 16.8 Å². The van der Waals surface area contributed by atoms with Crippen LogP contribution in [-0.2, 0) is 22.4 Å². The molecule has 3 rings (SSSR count). The molecule has 0 saturated heterocycles. The molecule has 0 aliphatic heterocycles. The van der Waals surface area contributed by atoms with Crippen LogP contribution in [0.4, 0.5) is 0 Å². The Balaban J connectivity index is 1.75. The number of amides is 1. The van der Waals surface area contributed by atoms with Crippen LogP contribution in [0.1, 0.15) is 11.1 Å². The first-order chi connectivity index (χ1) is 13.1. The van der Waals surface area contributed by atoms with E-state index in [0.717, 1.165) is 28.6 Å². The number of likely N-dealkylation sites (N-methyl/N-ethyl adjacent to an activating group) is 1. The number of methoxy groups -OCH3 is 2. The molecule has 0 saturated carbocycles. The molecule has 0 aliphatic rings. The van der Waals surface area contributed by atoms with Crippen LogP contribution in [0.25, 0.3) is 10.9 Å². The minimum absolute atomic E-state index is 0.00959. The number of nitrogens with one attached hydrogen (secondary N) is 1. The lowest BCUT2D eigenvalue weighted by atomic mass is 10.0. The number of fused-ring (bicyclic) bond motifs is 1. The maximum atomic E-state index is 12.9. The molecule has 1 N–H and O–H groups in total. The summed E-state index contributed by atoms with van der Waals surface area (Å²) in [5, 5.41) is 1.02. The summed E-state index contributed by atoms with van der Waals surface area (Å²) >= 11 is 0. The predicted molar refractivity (Wildman–Crippen MR) is 107 cm³/mol. The van der Waals surface area contributed by atoms with Gasteiger partial charge in [-0.15, -0.1) is 0 Å². The predicted octanol–water partition coefficient (Wildman–Crippen LogP) is 3.44. The Hall–Kier alpha value is -2.79. The van der Waals surface area contributed by atoms with E-state index in [2.05, 4.69) is 17.1 Å². The van der Waals surface area contributed by atoms with Crippen LogP contribution >= 0.6 is 0 Å². The number of carbonyl (C=O) groups excluding carboxylic acids is 1. The normalized spacial score (nSPS) is 12.1. The van der Waals surface area contributed by atoms with Crippen molar-refractivity contribution in [2.24, 2.45) is 0 Å². The summed E-state index contributed by atoms with van der Waals surface area (Å²) in [5.41, 5.74) is 3.16. The van der Waals surface area contributed by atoms with Crippen LogP contribution in [0.3, 0.4) is 0 Å². The van der Waals surface area contributed by atoms with Crippen molar-refractivity contribution in [3.8, 4) is 5.75 Å². The Bertz CT molecular complexity index is 889. The number of H-pyrrole nitrogens is 1. The van der Waals surface area contributed by atoms with Crippen LogP contribution in [0, 0.1) is 0 Å². The van der Waals surface area contributed by atoms with Gasteiger partial charge < -0.3 is 19.4 Å². The van der Waals surface area contributed by atoms with Crippen LogP contribution in [0.2, 0.25) is 0 Å². The lowest BCUT2D eigenvalue weighted by molar-refractivity contribution is -0.132. The van der Waals surface area contributed by atoms with Gasteiger partial charge in [0.25, 0.3) is 0 Å². The minimum Gasteiger partial charge on any atom is -0.497 e. The van der Waals surface area contributed by atoms with E-state index in [4.69, 9.17) is 9.47 Å². The van der Waals surface area contributed by atoms with Crippen LogP contribution in [0.5, 0.6) is 5.75 Å². The average molecular weight is 366 g/mol. The second-order valence-corrected chi connectivity index (χ2v) is 6.71. The first-order valence-electron chi connectivity index (χ1n) is 9.05. The van der Waals surface area contributed by atoms with Gasteiger partial charge in [-0.05, 0) is 35.7 Å². The lowest BCUT2D eigenvalue weighted by Crippen LogP contribution is -2.42. The molecular weight excluding hydrogens is 340 g/mol. The lowest BCUT2D eigenvalue weighted by Gasteiger charge is -2.28. The molecule has 0 aliphatic carbocycles. The third kappa shape index (κ3) is 4.49. The number of rotatable bonds is 8. The van der Waals surface area contributed by atoms with E-state index < -0.39 is 0 Å². The zero-order valence-corrected chi connectivity index (χ0v) is 16.1. The van der Waals surface area contributed by atoms with Crippen LogP contribution in [-0.4, -0.2) is 49.7 Å². The fourth-order valence-electron chi connectivity index (χ4n) is 3.31. The molecule has 142 valence electrons. The standard InChI is InChI=1S/C22H26N2O3/c1-24(18(15-26-2)11-16-7-5-4-6-8-16)22(25)12-17-14-23-21-10-9-19(27-3)13-20(17)21/h4-10,13-14,18,23H,11-12,15H2,1-3H3. The van der Waals surface area contributed by atoms with E-state index in [9.17, 15) is 4.79 Å². The van der Waals surface area contributed by atoms with Crippen molar-refractivity contribution < 1.29 is 14.3 Å². The highest BCUT2D eigenvalue weighted by Gasteiger charge is 2.21. The van der Waals surface area contributed by atoms with Gasteiger partial charge in [-0.1, -0.05) is 30.3 Å². The molecule has 0 bridgehead atoms. The Morgan fingerprint density at radius 1 is 1.15 bits per heavy atom. The number of aromatic nitrogens is 1. The topological polar surface area (TPSA) is 54.6 Å². The van der Waals surface area contributed by atoms with Gasteiger partial charge in [-0.3, -0.25) is 4.79 Å². The number of benzene rings is 2. The summed E-state index contributed by atoms with van der Waals surface area (Å²) < 4.78 is 10.7. The largest absolute Gasteiger partial charge is 0.497 e. The number of carbonyl (C=O) groups is 1. The number of nitrogens with zero attached hydrogens (tertiary/aromatic N) is 1. The van der Waals surface area contributed by atoms with Crippen molar-refractivity contribution in [2.45, 2.75) is 18.9 Å². The Labute approximate surface area is 159 Å². The van der Waals surface area contributed by atoms with E-state index in [0.29, 0.717) is 13.0 Å². The van der Waals surface area contributed by atoms with E-state index in [1.807, 2.05) is 49.6 Å². The second-order valence-electron chi connectivity index (χ2n) is 6.71. The molecule has 3 aromatic rings. The summed E-state index contributed by atoms with van der Waals surface area (Å²) in [6, 6.07) is 16.0. The van der Waals surface area contributed by atoms with E-state index in [1.165, 1.54) is 5.56 Å². The molecule has 5 nitrogen and oxygen atoms in total. The minimum atomic E-state index is -0.00959. The number of hydrogen-bond acceptors (Lipinski definition) is 3. The third-order valence-corrected chi connectivity index (χ3v) is 4.93. The highest BCUT2D eigenvalue weighted by atomic mass is 16.5. The molecule has 1 unspecified atom stereocenters. The maximum absolute atomic E-state index is 12.9. The summed E-state index contributed by atoms with van der Waals surface area (Å²) in [6.45, 7) is 0.499. The van der Waals surface area contributed by atoms with Gasteiger partial charge in [0, 0.05) is 31.3 Å². The molecular formula is C22H26N2O3.